The van der Waals surface area contributed by atoms with Crippen LogP contribution in [0.25, 0.3) is 0 Å². The fourth-order valence-corrected chi connectivity index (χ4v) is 1.53. The summed E-state index contributed by atoms with van der Waals surface area (Å²) < 4.78 is 10.9. The minimum Gasteiger partial charge on any atom is -0.462 e. The smallest absolute Gasteiger partial charge is 0.127 e. The third-order valence-electron chi connectivity index (χ3n) is 2.94. The Kier molecular flexibility index (Phi) is 4.76. The maximum absolute atomic E-state index is 5.75. The van der Waals surface area contributed by atoms with Gasteiger partial charge in [-0.2, -0.15) is 0 Å². The zero-order chi connectivity index (χ0) is 13.0. The molecule has 1 aromatic rings. The largest absolute Gasteiger partial charge is 0.462 e. The molecule has 0 N–H and O–H groups in total. The van der Waals surface area contributed by atoms with Crippen LogP contribution in [0.4, 0.5) is 0 Å². The Morgan fingerprint density at radius 3 is 2.47 bits per heavy atom. The van der Waals surface area contributed by atoms with E-state index in [0.717, 1.165) is 11.5 Å². The summed E-state index contributed by atoms with van der Waals surface area (Å²) in [5, 5.41) is 0. The van der Waals surface area contributed by atoms with Crippen LogP contribution >= 0.6 is 0 Å². The molecule has 0 saturated heterocycles. The monoisotopic (exact) mass is 234 g/mol. The average Bonchev–Trinajstić information content (AvgIpc) is 2.25. The lowest BCUT2D eigenvalue weighted by Gasteiger charge is -2.15. The SMILES string of the molecule is C=C(Oc1cc(C)c(C)c(COC)c1)C(C)C. The zero-order valence-corrected chi connectivity index (χ0v) is 11.5. The van der Waals surface area contributed by atoms with Gasteiger partial charge in [-0.3, -0.25) is 0 Å². The predicted octanol–water partition coefficient (Wildman–Crippen LogP) is 4.00. The van der Waals surface area contributed by atoms with Crippen molar-refractivity contribution in [3.8, 4) is 5.75 Å². The number of methoxy groups -OCH3 is 1. The first kappa shape index (κ1) is 13.8. The molecule has 17 heavy (non-hydrogen) atoms. The summed E-state index contributed by atoms with van der Waals surface area (Å²) in [6, 6.07) is 4.07. The normalized spacial score (nSPS) is 10.7. The van der Waals surface area contributed by atoms with Crippen molar-refractivity contribution in [1.82, 2.24) is 0 Å². The quantitative estimate of drug-likeness (QED) is 0.717. The van der Waals surface area contributed by atoms with Crippen molar-refractivity contribution < 1.29 is 9.47 Å². The van der Waals surface area contributed by atoms with Crippen LogP contribution in [0.5, 0.6) is 5.75 Å². The highest BCUT2D eigenvalue weighted by Crippen LogP contribution is 2.25. The molecule has 0 heterocycles. The molecule has 0 amide bonds. The molecule has 0 aliphatic carbocycles. The Morgan fingerprint density at radius 2 is 1.94 bits per heavy atom. The van der Waals surface area contributed by atoms with Gasteiger partial charge in [-0.15, -0.1) is 0 Å². The molecule has 0 aromatic heterocycles. The van der Waals surface area contributed by atoms with Gasteiger partial charge in [-0.05, 0) is 42.7 Å². The number of hydrogen-bond acceptors (Lipinski definition) is 2. The minimum absolute atomic E-state index is 0.322. The summed E-state index contributed by atoms with van der Waals surface area (Å²) >= 11 is 0. The van der Waals surface area contributed by atoms with E-state index >= 15 is 0 Å². The summed E-state index contributed by atoms with van der Waals surface area (Å²) in [7, 11) is 1.70. The summed E-state index contributed by atoms with van der Waals surface area (Å²) in [5.41, 5.74) is 3.64. The lowest BCUT2D eigenvalue weighted by molar-refractivity contribution is 0.184. The van der Waals surface area contributed by atoms with Crippen LogP contribution in [0.3, 0.4) is 0 Å². The molecular weight excluding hydrogens is 212 g/mol. The molecule has 0 atom stereocenters. The Balaban J connectivity index is 2.98. The summed E-state index contributed by atoms with van der Waals surface area (Å²) in [6.45, 7) is 12.9. The van der Waals surface area contributed by atoms with Crippen molar-refractivity contribution in [2.45, 2.75) is 34.3 Å². The number of rotatable bonds is 5. The second-order valence-electron chi connectivity index (χ2n) is 4.68. The number of hydrogen-bond donors (Lipinski definition) is 0. The van der Waals surface area contributed by atoms with E-state index < -0.39 is 0 Å². The van der Waals surface area contributed by atoms with Gasteiger partial charge in [0.2, 0.25) is 0 Å². The van der Waals surface area contributed by atoms with Crippen molar-refractivity contribution in [3.05, 3.63) is 41.2 Å². The van der Waals surface area contributed by atoms with Crippen LogP contribution in [0, 0.1) is 19.8 Å². The van der Waals surface area contributed by atoms with Crippen molar-refractivity contribution in [2.75, 3.05) is 7.11 Å². The van der Waals surface area contributed by atoms with Gasteiger partial charge in [-0.25, -0.2) is 0 Å². The van der Waals surface area contributed by atoms with E-state index in [2.05, 4.69) is 34.3 Å². The molecule has 0 aliphatic heterocycles. The lowest BCUT2D eigenvalue weighted by Crippen LogP contribution is -2.03. The Morgan fingerprint density at radius 1 is 1.29 bits per heavy atom. The average molecular weight is 234 g/mol. The number of ether oxygens (including phenoxy) is 2. The maximum atomic E-state index is 5.75. The summed E-state index contributed by atoms with van der Waals surface area (Å²) in [5.74, 6) is 1.96. The minimum atomic E-state index is 0.322. The molecule has 0 aliphatic rings. The predicted molar refractivity (Wildman–Crippen MR) is 71.2 cm³/mol. The van der Waals surface area contributed by atoms with E-state index in [1.54, 1.807) is 7.11 Å². The highest BCUT2D eigenvalue weighted by Gasteiger charge is 2.08. The first-order valence-electron chi connectivity index (χ1n) is 5.91. The van der Waals surface area contributed by atoms with Gasteiger partial charge in [0, 0.05) is 13.0 Å². The van der Waals surface area contributed by atoms with Gasteiger partial charge < -0.3 is 9.47 Å². The second kappa shape index (κ2) is 5.87. The molecule has 0 bridgehead atoms. The third-order valence-corrected chi connectivity index (χ3v) is 2.94. The molecular formula is C15H22O2. The number of aryl methyl sites for hydroxylation is 1. The van der Waals surface area contributed by atoms with Gasteiger partial charge in [-0.1, -0.05) is 20.4 Å². The molecule has 94 valence electrons. The van der Waals surface area contributed by atoms with Gasteiger partial charge in [0.05, 0.1) is 12.4 Å². The molecule has 0 fully saturated rings. The van der Waals surface area contributed by atoms with Crippen molar-refractivity contribution in [3.63, 3.8) is 0 Å². The van der Waals surface area contributed by atoms with Gasteiger partial charge in [0.25, 0.3) is 0 Å². The molecule has 0 unspecified atom stereocenters. The standard InChI is InChI=1S/C15H22O2/c1-10(2)13(5)17-15-7-11(3)12(4)14(8-15)9-16-6/h7-8,10H,5,9H2,1-4,6H3. The fourth-order valence-electron chi connectivity index (χ4n) is 1.53. The highest BCUT2D eigenvalue weighted by molar-refractivity contribution is 5.41. The maximum Gasteiger partial charge on any atom is 0.127 e. The van der Waals surface area contributed by atoms with Gasteiger partial charge in [0.1, 0.15) is 5.75 Å². The van der Waals surface area contributed by atoms with Crippen molar-refractivity contribution in [2.24, 2.45) is 5.92 Å². The van der Waals surface area contributed by atoms with Crippen LogP contribution < -0.4 is 4.74 Å². The van der Waals surface area contributed by atoms with Crippen molar-refractivity contribution >= 4 is 0 Å². The number of benzene rings is 1. The molecule has 2 nitrogen and oxygen atoms in total. The van der Waals surface area contributed by atoms with E-state index in [9.17, 15) is 0 Å². The topological polar surface area (TPSA) is 18.5 Å². The first-order valence-corrected chi connectivity index (χ1v) is 5.91. The van der Waals surface area contributed by atoms with Crippen LogP contribution in [-0.4, -0.2) is 7.11 Å². The molecule has 0 radical (unpaired) electrons. The summed E-state index contributed by atoms with van der Waals surface area (Å²) in [4.78, 5) is 0. The van der Waals surface area contributed by atoms with E-state index in [-0.39, 0.29) is 0 Å². The third kappa shape index (κ3) is 3.60. The van der Waals surface area contributed by atoms with E-state index in [0.29, 0.717) is 12.5 Å². The second-order valence-corrected chi connectivity index (χ2v) is 4.68. The van der Waals surface area contributed by atoms with E-state index in [1.807, 2.05) is 12.1 Å². The van der Waals surface area contributed by atoms with Crippen LogP contribution in [-0.2, 0) is 11.3 Å². The van der Waals surface area contributed by atoms with Gasteiger partial charge in [0.15, 0.2) is 0 Å². The van der Waals surface area contributed by atoms with E-state index in [4.69, 9.17) is 9.47 Å². The number of allylic oxidation sites excluding steroid dienone is 1. The van der Waals surface area contributed by atoms with Crippen LogP contribution in [0.2, 0.25) is 0 Å². The van der Waals surface area contributed by atoms with E-state index in [1.165, 1.54) is 16.7 Å². The Hall–Kier alpha value is -1.28. The summed E-state index contributed by atoms with van der Waals surface area (Å²) in [6.07, 6.45) is 0. The molecule has 0 spiro atoms. The van der Waals surface area contributed by atoms with Crippen LogP contribution in [0.15, 0.2) is 24.5 Å². The first-order chi connectivity index (χ1) is 7.95. The Bertz CT molecular complexity index is 406. The van der Waals surface area contributed by atoms with Crippen molar-refractivity contribution in [1.29, 1.82) is 0 Å². The zero-order valence-electron chi connectivity index (χ0n) is 11.5. The highest BCUT2D eigenvalue weighted by atomic mass is 16.5. The lowest BCUT2D eigenvalue weighted by atomic mass is 10.0. The molecule has 1 aromatic carbocycles. The Labute approximate surface area is 104 Å². The van der Waals surface area contributed by atoms with Crippen LogP contribution in [0.1, 0.15) is 30.5 Å². The van der Waals surface area contributed by atoms with Gasteiger partial charge >= 0.3 is 0 Å². The molecule has 1 rings (SSSR count). The molecule has 2 heteroatoms. The molecule has 0 saturated carbocycles. The fraction of sp³-hybridized carbons (Fsp3) is 0.467.